The van der Waals surface area contributed by atoms with Crippen LogP contribution in [0.25, 0.3) is 0 Å². The summed E-state index contributed by atoms with van der Waals surface area (Å²) in [5, 5.41) is 3.90. The van der Waals surface area contributed by atoms with Crippen molar-refractivity contribution in [1.82, 2.24) is 5.43 Å². The van der Waals surface area contributed by atoms with Crippen molar-refractivity contribution in [3.63, 3.8) is 0 Å². The zero-order valence-corrected chi connectivity index (χ0v) is 15.9. The molecule has 2 aromatic carbocycles. The smallest absolute Gasteiger partial charge is 0.298 e. The van der Waals surface area contributed by atoms with E-state index in [1.165, 1.54) is 13.3 Å². The predicted molar refractivity (Wildman–Crippen MR) is 103 cm³/mol. The van der Waals surface area contributed by atoms with E-state index in [9.17, 15) is 9.59 Å². The summed E-state index contributed by atoms with van der Waals surface area (Å²) in [6.07, 6.45) is 0.642. The molecule has 1 heterocycles. The highest BCUT2D eigenvalue weighted by molar-refractivity contribution is 5.85. The molecule has 148 valence electrons. The molecule has 1 N–H and O–H groups in total. The largest absolute Gasteiger partial charge is 0.493 e. The number of amides is 1. The van der Waals surface area contributed by atoms with Crippen molar-refractivity contribution in [3.8, 4) is 23.0 Å². The lowest BCUT2D eigenvalue weighted by Gasteiger charge is -2.24. The molecule has 1 amide bonds. The van der Waals surface area contributed by atoms with Gasteiger partial charge in [-0.05, 0) is 35.9 Å². The molecule has 0 saturated heterocycles. The minimum Gasteiger partial charge on any atom is -0.493 e. The van der Waals surface area contributed by atoms with E-state index in [4.69, 9.17) is 18.9 Å². The summed E-state index contributed by atoms with van der Waals surface area (Å²) in [7, 11) is 1.45. The molecule has 0 saturated carbocycles. The van der Waals surface area contributed by atoms with E-state index >= 15 is 0 Å². The number of fused-ring (bicyclic) bond motifs is 1. The number of nitrogens with one attached hydrogen (secondary N) is 1. The Bertz CT molecular complexity index is 837. The average molecular weight is 386 g/mol. The van der Waals surface area contributed by atoms with Gasteiger partial charge in [0.2, 0.25) is 6.10 Å². The Morgan fingerprint density at radius 3 is 2.64 bits per heavy atom. The molecule has 1 aliphatic heterocycles. The van der Waals surface area contributed by atoms with Gasteiger partial charge in [0.1, 0.15) is 6.61 Å². The van der Waals surface area contributed by atoms with Gasteiger partial charge in [0.25, 0.3) is 12.4 Å². The molecule has 0 fully saturated rings. The molecule has 1 atom stereocenters. The monoisotopic (exact) mass is 386 g/mol. The highest BCUT2D eigenvalue weighted by atomic mass is 16.6. The third kappa shape index (κ3) is 5.23. The van der Waals surface area contributed by atoms with Crippen molar-refractivity contribution in [2.45, 2.75) is 20.0 Å². The van der Waals surface area contributed by atoms with Crippen LogP contribution in [0, 0.1) is 0 Å². The van der Waals surface area contributed by atoms with Crippen LogP contribution in [0.4, 0.5) is 0 Å². The molecule has 0 spiro atoms. The van der Waals surface area contributed by atoms with Crippen molar-refractivity contribution in [2.24, 2.45) is 5.10 Å². The van der Waals surface area contributed by atoms with Gasteiger partial charge >= 0.3 is 0 Å². The van der Waals surface area contributed by atoms with Gasteiger partial charge < -0.3 is 18.9 Å². The van der Waals surface area contributed by atoms with Gasteiger partial charge in [0.05, 0.1) is 13.3 Å². The van der Waals surface area contributed by atoms with Gasteiger partial charge in [-0.2, -0.15) is 5.10 Å². The zero-order chi connectivity index (χ0) is 20.4. The first-order valence-electron chi connectivity index (χ1n) is 8.71. The number of hydrogen-bond acceptors (Lipinski definition) is 7. The zero-order valence-electron chi connectivity index (χ0n) is 15.9. The van der Waals surface area contributed by atoms with Crippen molar-refractivity contribution in [2.75, 3.05) is 13.7 Å². The van der Waals surface area contributed by atoms with Crippen LogP contribution >= 0.6 is 0 Å². The maximum absolute atomic E-state index is 12.1. The van der Waals surface area contributed by atoms with Gasteiger partial charge in [-0.25, -0.2) is 5.43 Å². The number of hydrazone groups is 1. The van der Waals surface area contributed by atoms with Crippen LogP contribution in [0.15, 0.2) is 47.6 Å². The first kappa shape index (κ1) is 20.8. The van der Waals surface area contributed by atoms with Crippen LogP contribution < -0.4 is 24.4 Å². The van der Waals surface area contributed by atoms with Gasteiger partial charge in [-0.15, -0.1) is 0 Å². The van der Waals surface area contributed by atoms with Crippen molar-refractivity contribution < 1.29 is 28.5 Å². The number of benzene rings is 2. The van der Waals surface area contributed by atoms with Crippen LogP contribution in [-0.4, -0.2) is 38.4 Å². The second-order valence-electron chi connectivity index (χ2n) is 5.22. The second kappa shape index (κ2) is 10.6. The molecule has 0 aliphatic carbocycles. The molecular formula is C20H22N2O6. The van der Waals surface area contributed by atoms with Gasteiger partial charge in [-0.3, -0.25) is 9.59 Å². The molecule has 1 unspecified atom stereocenters. The molecule has 8 heteroatoms. The molecule has 0 aromatic heterocycles. The lowest BCUT2D eigenvalue weighted by Crippen LogP contribution is -2.42. The number of ether oxygens (including phenoxy) is 4. The second-order valence-corrected chi connectivity index (χ2v) is 5.22. The number of rotatable bonds is 6. The quantitative estimate of drug-likeness (QED) is 0.466. The predicted octanol–water partition coefficient (Wildman–Crippen LogP) is 2.55. The number of para-hydroxylation sites is 2. The van der Waals surface area contributed by atoms with Crippen molar-refractivity contribution in [3.05, 3.63) is 48.0 Å². The minimum atomic E-state index is -0.792. The Morgan fingerprint density at radius 1 is 1.18 bits per heavy atom. The van der Waals surface area contributed by atoms with E-state index in [0.29, 0.717) is 29.3 Å². The maximum Gasteiger partial charge on any atom is 0.298 e. The van der Waals surface area contributed by atoms with Crippen LogP contribution in [0.2, 0.25) is 0 Å². The summed E-state index contributed by atoms with van der Waals surface area (Å²) in [5.74, 6) is 1.34. The Kier molecular flexibility index (Phi) is 7.83. The molecule has 28 heavy (non-hydrogen) atoms. The number of hydrogen-bond donors (Lipinski definition) is 1. The Hall–Kier alpha value is -3.55. The van der Waals surface area contributed by atoms with Gasteiger partial charge in [0, 0.05) is 0 Å². The molecule has 0 radical (unpaired) electrons. The standard InChI is InChI=1S/C18H16N2O6.C2H6/c1-23-16-8-12(6-7-14(16)25-11-21)9-19-20-18(22)17-10-24-13-4-2-3-5-15(13)26-17;1-2/h2-9,11,17H,10H2,1H3,(H,20,22);1-2H3/b19-9+;. The number of carbonyl (C=O) groups excluding carboxylic acids is 2. The average Bonchev–Trinajstić information content (AvgIpc) is 2.75. The third-order valence-corrected chi connectivity index (χ3v) is 3.55. The fraction of sp³-hybridized carbons (Fsp3) is 0.250. The molecule has 3 rings (SSSR count). The first-order valence-corrected chi connectivity index (χ1v) is 8.71. The fourth-order valence-corrected chi connectivity index (χ4v) is 2.30. The van der Waals surface area contributed by atoms with E-state index < -0.39 is 12.0 Å². The fourth-order valence-electron chi connectivity index (χ4n) is 2.30. The van der Waals surface area contributed by atoms with Crippen LogP contribution in [0.1, 0.15) is 19.4 Å². The van der Waals surface area contributed by atoms with Gasteiger partial charge in [-0.1, -0.05) is 26.0 Å². The van der Waals surface area contributed by atoms with Crippen LogP contribution in [-0.2, 0) is 9.59 Å². The summed E-state index contributed by atoms with van der Waals surface area (Å²) in [6, 6.07) is 12.0. The molecule has 1 aliphatic rings. The maximum atomic E-state index is 12.1. The summed E-state index contributed by atoms with van der Waals surface area (Å²) in [6.45, 7) is 4.42. The Morgan fingerprint density at radius 2 is 1.93 bits per heavy atom. The van der Waals surface area contributed by atoms with Gasteiger partial charge in [0.15, 0.2) is 23.0 Å². The number of methoxy groups -OCH3 is 1. The third-order valence-electron chi connectivity index (χ3n) is 3.55. The Balaban J connectivity index is 0.00000136. The molecule has 2 aromatic rings. The lowest BCUT2D eigenvalue weighted by atomic mass is 10.2. The summed E-state index contributed by atoms with van der Waals surface area (Å²) >= 11 is 0. The van der Waals surface area contributed by atoms with Crippen LogP contribution in [0.3, 0.4) is 0 Å². The Labute approximate surface area is 163 Å². The van der Waals surface area contributed by atoms with E-state index in [2.05, 4.69) is 10.5 Å². The van der Waals surface area contributed by atoms with E-state index in [0.717, 1.165) is 0 Å². The summed E-state index contributed by atoms with van der Waals surface area (Å²) < 4.78 is 21.0. The van der Waals surface area contributed by atoms with Crippen molar-refractivity contribution in [1.29, 1.82) is 0 Å². The highest BCUT2D eigenvalue weighted by Gasteiger charge is 2.26. The molecule has 8 nitrogen and oxygen atoms in total. The summed E-state index contributed by atoms with van der Waals surface area (Å²) in [4.78, 5) is 22.6. The van der Waals surface area contributed by atoms with E-state index in [-0.39, 0.29) is 12.4 Å². The number of nitrogens with zero attached hydrogens (tertiary/aromatic N) is 1. The summed E-state index contributed by atoms with van der Waals surface area (Å²) in [5.41, 5.74) is 3.05. The van der Waals surface area contributed by atoms with Crippen LogP contribution in [0.5, 0.6) is 23.0 Å². The first-order chi connectivity index (χ1) is 13.7. The van der Waals surface area contributed by atoms with E-state index in [1.54, 1.807) is 36.4 Å². The number of carbonyl (C=O) groups is 2. The lowest BCUT2D eigenvalue weighted by molar-refractivity contribution is -0.130. The topological polar surface area (TPSA) is 95.5 Å². The van der Waals surface area contributed by atoms with E-state index in [1.807, 2.05) is 19.9 Å². The SMILES string of the molecule is CC.COc1cc(/C=N/NC(=O)C2COc3ccccc3O2)ccc1OC=O. The van der Waals surface area contributed by atoms with Crippen molar-refractivity contribution >= 4 is 18.6 Å². The highest BCUT2D eigenvalue weighted by Crippen LogP contribution is 2.31. The molecular weight excluding hydrogens is 364 g/mol. The minimum absolute atomic E-state index is 0.101. The normalized spacial score (nSPS) is 14.5. The molecule has 0 bridgehead atoms.